The van der Waals surface area contributed by atoms with Crippen LogP contribution in [0, 0.1) is 6.92 Å². The van der Waals surface area contributed by atoms with Crippen molar-refractivity contribution in [3.8, 4) is 0 Å². The Morgan fingerprint density at radius 3 is 2.79 bits per heavy atom. The number of carbonyl (C=O) groups excluding carboxylic acids is 1. The Balaban J connectivity index is 1.72. The molecule has 24 heavy (non-hydrogen) atoms. The molecule has 134 valence electrons. The Kier molecular flexibility index (Phi) is 6.60. The molecule has 1 aromatic heterocycles. The summed E-state index contributed by atoms with van der Waals surface area (Å²) >= 11 is 0. The van der Waals surface area contributed by atoms with Gasteiger partial charge in [0.1, 0.15) is 5.60 Å². The van der Waals surface area contributed by atoms with Gasteiger partial charge in [-0.25, -0.2) is 4.79 Å². The molecule has 1 fully saturated rings. The highest BCUT2D eigenvalue weighted by Crippen LogP contribution is 2.15. The van der Waals surface area contributed by atoms with Gasteiger partial charge in [0.05, 0.1) is 0 Å². The molecule has 2 heterocycles. The Morgan fingerprint density at radius 2 is 2.12 bits per heavy atom. The summed E-state index contributed by atoms with van der Waals surface area (Å²) in [5, 5.41) is 3.63. The van der Waals surface area contributed by atoms with Crippen LogP contribution in [0.4, 0.5) is 4.79 Å². The van der Waals surface area contributed by atoms with Gasteiger partial charge in [0.15, 0.2) is 0 Å². The minimum atomic E-state index is -0.427. The maximum Gasteiger partial charge on any atom is 0.410 e. The number of amides is 1. The van der Waals surface area contributed by atoms with Crippen molar-refractivity contribution in [1.29, 1.82) is 0 Å². The van der Waals surface area contributed by atoms with Gasteiger partial charge in [0, 0.05) is 31.0 Å². The maximum absolute atomic E-state index is 12.2. The summed E-state index contributed by atoms with van der Waals surface area (Å²) in [7, 11) is 0. The quantitative estimate of drug-likeness (QED) is 0.918. The summed E-state index contributed by atoms with van der Waals surface area (Å²) < 4.78 is 5.48. The predicted octanol–water partition coefficient (Wildman–Crippen LogP) is 3.31. The zero-order valence-electron chi connectivity index (χ0n) is 15.5. The number of likely N-dealkylation sites (tertiary alicyclic amines) is 1. The topological polar surface area (TPSA) is 54.5 Å². The smallest absolute Gasteiger partial charge is 0.410 e. The van der Waals surface area contributed by atoms with Crippen LogP contribution in [0.5, 0.6) is 0 Å². The first-order valence-electron chi connectivity index (χ1n) is 8.96. The second-order valence-corrected chi connectivity index (χ2v) is 7.61. The van der Waals surface area contributed by atoms with Crippen LogP contribution in [0.25, 0.3) is 0 Å². The van der Waals surface area contributed by atoms with Crippen molar-refractivity contribution < 1.29 is 9.53 Å². The van der Waals surface area contributed by atoms with Crippen molar-refractivity contribution in [2.45, 2.75) is 65.0 Å². The van der Waals surface area contributed by atoms with Crippen molar-refractivity contribution in [3.63, 3.8) is 0 Å². The number of hydrogen-bond acceptors (Lipinski definition) is 4. The number of pyridine rings is 1. The predicted molar refractivity (Wildman–Crippen MR) is 96.1 cm³/mol. The fourth-order valence-corrected chi connectivity index (χ4v) is 2.88. The third-order valence-electron chi connectivity index (χ3n) is 4.20. The van der Waals surface area contributed by atoms with Crippen LogP contribution in [-0.2, 0) is 11.2 Å². The second-order valence-electron chi connectivity index (χ2n) is 7.61. The number of nitrogens with one attached hydrogen (secondary N) is 1. The molecular formula is C19H31N3O2. The van der Waals surface area contributed by atoms with Crippen molar-refractivity contribution >= 4 is 6.09 Å². The number of carbonyl (C=O) groups is 1. The van der Waals surface area contributed by atoms with E-state index in [-0.39, 0.29) is 6.09 Å². The molecule has 0 radical (unpaired) electrons. The molecule has 5 heteroatoms. The van der Waals surface area contributed by atoms with E-state index in [1.807, 2.05) is 38.8 Å². The van der Waals surface area contributed by atoms with Crippen molar-refractivity contribution in [1.82, 2.24) is 15.2 Å². The number of aromatic nitrogens is 1. The SMILES string of the molecule is Cc1ccc(CCN[C@H]2CCCN(C(=O)OC(C)(C)C)CC2)cn1. The van der Waals surface area contributed by atoms with Crippen LogP contribution in [-0.4, -0.2) is 47.3 Å². The Bertz CT molecular complexity index is 522. The fourth-order valence-electron chi connectivity index (χ4n) is 2.88. The van der Waals surface area contributed by atoms with Gasteiger partial charge >= 0.3 is 6.09 Å². The van der Waals surface area contributed by atoms with E-state index in [0.29, 0.717) is 6.04 Å². The van der Waals surface area contributed by atoms with Gasteiger partial charge in [-0.1, -0.05) is 6.07 Å². The summed E-state index contributed by atoms with van der Waals surface area (Å²) in [5.74, 6) is 0. The minimum absolute atomic E-state index is 0.186. The monoisotopic (exact) mass is 333 g/mol. The molecule has 0 bridgehead atoms. The molecule has 1 aliphatic heterocycles. The third kappa shape index (κ3) is 6.48. The average Bonchev–Trinajstić information content (AvgIpc) is 2.73. The molecule has 0 spiro atoms. The highest BCUT2D eigenvalue weighted by atomic mass is 16.6. The number of hydrogen-bond donors (Lipinski definition) is 1. The van der Waals surface area contributed by atoms with Crippen LogP contribution in [0.1, 0.15) is 51.3 Å². The summed E-state index contributed by atoms with van der Waals surface area (Å²) in [6.07, 6.45) is 5.85. The molecule has 1 aromatic rings. The standard InChI is InChI=1S/C19H31N3O2/c1-15-7-8-16(14-21-15)9-11-20-17-6-5-12-22(13-10-17)18(23)24-19(2,3)4/h7-8,14,17,20H,5-6,9-13H2,1-4H3/t17-/m0/s1. The highest BCUT2D eigenvalue weighted by Gasteiger charge is 2.24. The summed E-state index contributed by atoms with van der Waals surface area (Å²) in [6.45, 7) is 10.2. The lowest BCUT2D eigenvalue weighted by Gasteiger charge is -2.26. The summed E-state index contributed by atoms with van der Waals surface area (Å²) in [6, 6.07) is 4.66. The maximum atomic E-state index is 12.2. The molecule has 5 nitrogen and oxygen atoms in total. The molecule has 0 aromatic carbocycles. The number of rotatable bonds is 4. The van der Waals surface area contributed by atoms with Gasteiger partial charge in [-0.3, -0.25) is 4.98 Å². The first kappa shape index (κ1) is 18.7. The molecule has 1 aliphatic rings. The fraction of sp³-hybridized carbons (Fsp3) is 0.684. The van der Waals surface area contributed by atoms with E-state index in [9.17, 15) is 4.79 Å². The Hall–Kier alpha value is -1.62. The van der Waals surface area contributed by atoms with Crippen LogP contribution in [0.3, 0.4) is 0 Å². The molecular weight excluding hydrogens is 302 g/mol. The van der Waals surface area contributed by atoms with E-state index in [2.05, 4.69) is 22.4 Å². The van der Waals surface area contributed by atoms with E-state index in [1.165, 1.54) is 5.56 Å². The average molecular weight is 333 g/mol. The normalized spacial score (nSPS) is 19.0. The summed E-state index contributed by atoms with van der Waals surface area (Å²) in [4.78, 5) is 18.4. The van der Waals surface area contributed by atoms with Crippen molar-refractivity contribution in [2.75, 3.05) is 19.6 Å². The van der Waals surface area contributed by atoms with E-state index >= 15 is 0 Å². The van der Waals surface area contributed by atoms with Gasteiger partial charge in [0.25, 0.3) is 0 Å². The second kappa shape index (κ2) is 8.47. The Labute approximate surface area is 145 Å². The summed E-state index contributed by atoms with van der Waals surface area (Å²) in [5.41, 5.74) is 1.89. The van der Waals surface area contributed by atoms with E-state index in [4.69, 9.17) is 4.74 Å². The van der Waals surface area contributed by atoms with Gasteiger partial charge in [0.2, 0.25) is 0 Å². The Morgan fingerprint density at radius 1 is 1.33 bits per heavy atom. The van der Waals surface area contributed by atoms with E-state index in [1.54, 1.807) is 0 Å². The van der Waals surface area contributed by atoms with Crippen LogP contribution in [0.2, 0.25) is 0 Å². The van der Waals surface area contributed by atoms with Crippen molar-refractivity contribution in [3.05, 3.63) is 29.6 Å². The van der Waals surface area contributed by atoms with Crippen LogP contribution < -0.4 is 5.32 Å². The van der Waals surface area contributed by atoms with E-state index in [0.717, 1.165) is 51.0 Å². The molecule has 0 aliphatic carbocycles. The first-order chi connectivity index (χ1) is 11.3. The lowest BCUT2D eigenvalue weighted by atomic mass is 10.1. The highest BCUT2D eigenvalue weighted by molar-refractivity contribution is 5.68. The molecule has 1 saturated heterocycles. The van der Waals surface area contributed by atoms with Crippen LogP contribution >= 0.6 is 0 Å². The zero-order valence-corrected chi connectivity index (χ0v) is 15.5. The lowest BCUT2D eigenvalue weighted by molar-refractivity contribution is 0.0256. The number of aryl methyl sites for hydroxylation is 1. The first-order valence-corrected chi connectivity index (χ1v) is 8.96. The molecule has 0 saturated carbocycles. The molecule has 1 atom stereocenters. The molecule has 2 rings (SSSR count). The van der Waals surface area contributed by atoms with Crippen LogP contribution in [0.15, 0.2) is 18.3 Å². The largest absolute Gasteiger partial charge is 0.444 e. The lowest BCUT2D eigenvalue weighted by Crippen LogP contribution is -2.38. The molecule has 1 amide bonds. The van der Waals surface area contributed by atoms with E-state index < -0.39 is 5.60 Å². The van der Waals surface area contributed by atoms with Gasteiger partial charge in [-0.2, -0.15) is 0 Å². The number of nitrogens with zero attached hydrogens (tertiary/aromatic N) is 2. The number of ether oxygens (including phenoxy) is 1. The third-order valence-corrected chi connectivity index (χ3v) is 4.20. The molecule has 1 N–H and O–H groups in total. The van der Waals surface area contributed by atoms with Crippen molar-refractivity contribution in [2.24, 2.45) is 0 Å². The minimum Gasteiger partial charge on any atom is -0.444 e. The molecule has 0 unspecified atom stereocenters. The van der Waals surface area contributed by atoms with Gasteiger partial charge in [-0.05, 0) is 71.6 Å². The zero-order chi connectivity index (χ0) is 17.6. The van der Waals surface area contributed by atoms with Gasteiger partial charge < -0.3 is 15.0 Å². The van der Waals surface area contributed by atoms with Gasteiger partial charge in [-0.15, -0.1) is 0 Å².